The quantitative estimate of drug-likeness (QED) is 0.871. The van der Waals surface area contributed by atoms with Crippen LogP contribution in [-0.2, 0) is 4.74 Å². The zero-order chi connectivity index (χ0) is 13.0. The number of ether oxygens (including phenoxy) is 1. The van der Waals surface area contributed by atoms with Crippen molar-refractivity contribution in [3.05, 3.63) is 29.6 Å². The fourth-order valence-corrected chi connectivity index (χ4v) is 1.42. The standard InChI is InChI=1S/C12H16FNO3/c1-8(7-17-3)14(2)12(16)10-5-4-9(15)6-11(10)13/h4-6,8,15H,7H2,1-3H3. The molecule has 1 unspecified atom stereocenters. The van der Waals surface area contributed by atoms with Crippen molar-refractivity contribution in [3.8, 4) is 5.75 Å². The first-order valence-electron chi connectivity index (χ1n) is 5.22. The number of benzene rings is 1. The average Bonchev–Trinajstić information content (AvgIpc) is 2.27. The molecule has 0 aromatic heterocycles. The molecule has 1 amide bonds. The van der Waals surface area contributed by atoms with Crippen molar-refractivity contribution in [3.63, 3.8) is 0 Å². The van der Waals surface area contributed by atoms with Gasteiger partial charge in [-0.05, 0) is 19.1 Å². The van der Waals surface area contributed by atoms with Crippen LogP contribution < -0.4 is 0 Å². The van der Waals surface area contributed by atoms with E-state index in [1.54, 1.807) is 14.0 Å². The van der Waals surface area contributed by atoms with Crippen LogP contribution in [0, 0.1) is 5.82 Å². The minimum Gasteiger partial charge on any atom is -0.508 e. The van der Waals surface area contributed by atoms with E-state index in [0.29, 0.717) is 6.61 Å². The van der Waals surface area contributed by atoms with Crippen molar-refractivity contribution >= 4 is 5.91 Å². The van der Waals surface area contributed by atoms with Crippen LogP contribution in [-0.4, -0.2) is 42.7 Å². The fourth-order valence-electron chi connectivity index (χ4n) is 1.42. The number of carbonyl (C=O) groups is 1. The monoisotopic (exact) mass is 241 g/mol. The number of aromatic hydroxyl groups is 1. The Morgan fingerprint density at radius 3 is 2.76 bits per heavy atom. The molecule has 0 radical (unpaired) electrons. The summed E-state index contributed by atoms with van der Waals surface area (Å²) in [6.07, 6.45) is 0. The Hall–Kier alpha value is -1.62. The van der Waals surface area contributed by atoms with Gasteiger partial charge in [-0.2, -0.15) is 0 Å². The van der Waals surface area contributed by atoms with Gasteiger partial charge in [0.2, 0.25) is 0 Å². The lowest BCUT2D eigenvalue weighted by Crippen LogP contribution is -2.38. The second-order valence-electron chi connectivity index (χ2n) is 3.88. The Kier molecular flexibility index (Phi) is 4.45. The highest BCUT2D eigenvalue weighted by atomic mass is 19.1. The summed E-state index contributed by atoms with van der Waals surface area (Å²) >= 11 is 0. The summed E-state index contributed by atoms with van der Waals surface area (Å²) in [5, 5.41) is 9.07. The molecular weight excluding hydrogens is 225 g/mol. The molecule has 1 N–H and O–H groups in total. The highest BCUT2D eigenvalue weighted by Gasteiger charge is 2.20. The third-order valence-corrected chi connectivity index (χ3v) is 2.57. The average molecular weight is 241 g/mol. The molecule has 1 aromatic carbocycles. The third kappa shape index (κ3) is 3.17. The summed E-state index contributed by atoms with van der Waals surface area (Å²) < 4.78 is 18.4. The van der Waals surface area contributed by atoms with E-state index in [0.717, 1.165) is 6.07 Å². The van der Waals surface area contributed by atoms with Crippen molar-refractivity contribution in [2.24, 2.45) is 0 Å². The molecule has 94 valence electrons. The number of likely N-dealkylation sites (N-methyl/N-ethyl adjacent to an activating group) is 1. The predicted octanol–water partition coefficient (Wildman–Crippen LogP) is 1.64. The topological polar surface area (TPSA) is 49.8 Å². The summed E-state index contributed by atoms with van der Waals surface area (Å²) in [4.78, 5) is 13.3. The number of rotatable bonds is 4. The van der Waals surface area contributed by atoms with Gasteiger partial charge in [0.25, 0.3) is 5.91 Å². The predicted molar refractivity (Wildman–Crippen MR) is 61.5 cm³/mol. The smallest absolute Gasteiger partial charge is 0.256 e. The molecule has 0 saturated heterocycles. The molecule has 0 aliphatic carbocycles. The Bertz CT molecular complexity index is 409. The van der Waals surface area contributed by atoms with Gasteiger partial charge >= 0.3 is 0 Å². The van der Waals surface area contributed by atoms with E-state index in [9.17, 15) is 9.18 Å². The van der Waals surface area contributed by atoms with Crippen LogP contribution in [0.25, 0.3) is 0 Å². The lowest BCUT2D eigenvalue weighted by Gasteiger charge is -2.24. The Morgan fingerprint density at radius 1 is 1.59 bits per heavy atom. The largest absolute Gasteiger partial charge is 0.508 e. The third-order valence-electron chi connectivity index (χ3n) is 2.57. The molecule has 0 aliphatic heterocycles. The lowest BCUT2D eigenvalue weighted by molar-refractivity contribution is 0.0629. The highest BCUT2D eigenvalue weighted by Crippen LogP contribution is 2.17. The Balaban J connectivity index is 2.88. The molecule has 0 aliphatic rings. The van der Waals surface area contributed by atoms with Crippen LogP contribution in [0.4, 0.5) is 4.39 Å². The van der Waals surface area contributed by atoms with Gasteiger partial charge in [0.1, 0.15) is 11.6 Å². The van der Waals surface area contributed by atoms with Crippen LogP contribution in [0.5, 0.6) is 5.75 Å². The van der Waals surface area contributed by atoms with Gasteiger partial charge in [-0.3, -0.25) is 4.79 Å². The second-order valence-corrected chi connectivity index (χ2v) is 3.88. The number of amides is 1. The maximum absolute atomic E-state index is 13.5. The first-order valence-corrected chi connectivity index (χ1v) is 5.22. The van der Waals surface area contributed by atoms with E-state index >= 15 is 0 Å². The van der Waals surface area contributed by atoms with Crippen LogP contribution in [0.3, 0.4) is 0 Å². The minimum absolute atomic E-state index is 0.0618. The molecule has 1 atom stereocenters. The molecule has 0 heterocycles. The summed E-state index contributed by atoms with van der Waals surface area (Å²) in [7, 11) is 3.12. The van der Waals surface area contributed by atoms with Gasteiger partial charge in [-0.15, -0.1) is 0 Å². The van der Waals surface area contributed by atoms with Crippen LogP contribution in [0.2, 0.25) is 0 Å². The first-order chi connectivity index (χ1) is 7.97. The SMILES string of the molecule is COCC(C)N(C)C(=O)c1ccc(O)cc1F. The number of phenolic OH excluding ortho intramolecular Hbond substituents is 1. The normalized spacial score (nSPS) is 12.2. The number of nitrogens with zero attached hydrogens (tertiary/aromatic N) is 1. The van der Waals surface area contributed by atoms with Crippen molar-refractivity contribution in [2.45, 2.75) is 13.0 Å². The molecule has 4 nitrogen and oxygen atoms in total. The molecule has 0 fully saturated rings. The van der Waals surface area contributed by atoms with Crippen molar-refractivity contribution in [2.75, 3.05) is 20.8 Å². The summed E-state index contributed by atoms with van der Waals surface area (Å²) in [6.45, 7) is 2.18. The summed E-state index contributed by atoms with van der Waals surface area (Å²) in [5.41, 5.74) is -0.0618. The highest BCUT2D eigenvalue weighted by molar-refractivity contribution is 5.94. The number of carbonyl (C=O) groups excluding carboxylic acids is 1. The van der Waals surface area contributed by atoms with E-state index in [1.165, 1.54) is 24.1 Å². The van der Waals surface area contributed by atoms with Crippen molar-refractivity contribution in [1.29, 1.82) is 0 Å². The number of hydrogen-bond acceptors (Lipinski definition) is 3. The number of hydrogen-bond donors (Lipinski definition) is 1. The Morgan fingerprint density at radius 2 is 2.24 bits per heavy atom. The van der Waals surface area contributed by atoms with E-state index in [1.807, 2.05) is 0 Å². The maximum atomic E-state index is 13.5. The molecule has 0 saturated carbocycles. The van der Waals surface area contributed by atoms with Crippen molar-refractivity contribution < 1.29 is 19.0 Å². The van der Waals surface area contributed by atoms with E-state index < -0.39 is 11.7 Å². The first kappa shape index (κ1) is 13.4. The molecular formula is C12H16FNO3. The van der Waals surface area contributed by atoms with Gasteiger partial charge in [0.15, 0.2) is 0 Å². The maximum Gasteiger partial charge on any atom is 0.256 e. The van der Waals surface area contributed by atoms with Gasteiger partial charge in [0.05, 0.1) is 18.2 Å². The number of phenols is 1. The van der Waals surface area contributed by atoms with Crippen LogP contribution >= 0.6 is 0 Å². The molecule has 5 heteroatoms. The molecule has 17 heavy (non-hydrogen) atoms. The Labute approximate surface area is 99.6 Å². The van der Waals surface area contributed by atoms with Gasteiger partial charge in [-0.1, -0.05) is 0 Å². The lowest BCUT2D eigenvalue weighted by atomic mass is 10.1. The minimum atomic E-state index is -0.730. The number of methoxy groups -OCH3 is 1. The zero-order valence-corrected chi connectivity index (χ0v) is 10.1. The van der Waals surface area contributed by atoms with Gasteiger partial charge in [0, 0.05) is 20.2 Å². The zero-order valence-electron chi connectivity index (χ0n) is 10.1. The second kappa shape index (κ2) is 5.63. The van der Waals surface area contributed by atoms with Crippen LogP contribution in [0.1, 0.15) is 17.3 Å². The summed E-state index contributed by atoms with van der Waals surface area (Å²) in [6, 6.07) is 3.32. The molecule has 0 spiro atoms. The summed E-state index contributed by atoms with van der Waals surface area (Å²) in [5.74, 6) is -1.37. The fraction of sp³-hybridized carbons (Fsp3) is 0.417. The molecule has 1 aromatic rings. The van der Waals surface area contributed by atoms with E-state index in [2.05, 4.69) is 0 Å². The van der Waals surface area contributed by atoms with Crippen LogP contribution in [0.15, 0.2) is 18.2 Å². The molecule has 1 rings (SSSR count). The number of halogens is 1. The van der Waals surface area contributed by atoms with Crippen molar-refractivity contribution in [1.82, 2.24) is 4.90 Å². The molecule has 0 bridgehead atoms. The van der Waals surface area contributed by atoms with Gasteiger partial charge < -0.3 is 14.7 Å². The van der Waals surface area contributed by atoms with E-state index in [4.69, 9.17) is 9.84 Å². The van der Waals surface area contributed by atoms with E-state index in [-0.39, 0.29) is 17.4 Å². The van der Waals surface area contributed by atoms with Gasteiger partial charge in [-0.25, -0.2) is 4.39 Å².